The molecule has 0 spiro atoms. The Morgan fingerprint density at radius 2 is 2.12 bits per heavy atom. The van der Waals surface area contributed by atoms with Crippen molar-refractivity contribution >= 4 is 23.0 Å². The molecule has 0 saturated heterocycles. The molecule has 1 aromatic heterocycles. The highest BCUT2D eigenvalue weighted by Crippen LogP contribution is 2.25. The zero-order valence-corrected chi connectivity index (χ0v) is 10.1. The number of carboxylic acid groups (broad SMARTS) is 1. The monoisotopic (exact) mass is 248 g/mol. The van der Waals surface area contributed by atoms with Gasteiger partial charge in [-0.2, -0.15) is 0 Å². The fraction of sp³-hybridized carbons (Fsp3) is 0.167. The number of aliphatic carboxylic acids is 1. The average Bonchev–Trinajstić information content (AvgIpc) is 2.73. The van der Waals surface area contributed by atoms with E-state index in [1.807, 2.05) is 37.3 Å². The third kappa shape index (κ3) is 2.62. The maximum Gasteiger partial charge on any atom is 0.331 e. The Morgan fingerprint density at radius 1 is 1.41 bits per heavy atom. The van der Waals surface area contributed by atoms with Crippen LogP contribution >= 0.6 is 11.3 Å². The second kappa shape index (κ2) is 4.97. The number of rotatable bonds is 4. The lowest BCUT2D eigenvalue weighted by Crippen LogP contribution is -2.20. The lowest BCUT2D eigenvalue weighted by atomic mass is 10.2. The van der Waals surface area contributed by atoms with Crippen molar-refractivity contribution in [3.63, 3.8) is 0 Å². The molecule has 0 amide bonds. The summed E-state index contributed by atoms with van der Waals surface area (Å²) in [4.78, 5) is 16.1. The van der Waals surface area contributed by atoms with Gasteiger partial charge in [0.2, 0.25) is 0 Å². The molecule has 2 aromatic rings. The van der Waals surface area contributed by atoms with Gasteiger partial charge in [0.25, 0.3) is 0 Å². The Hall–Kier alpha value is -1.88. The Kier molecular flexibility index (Phi) is 3.39. The van der Waals surface area contributed by atoms with E-state index in [0.717, 1.165) is 16.3 Å². The third-order valence-electron chi connectivity index (χ3n) is 2.38. The van der Waals surface area contributed by atoms with Gasteiger partial charge in [-0.25, -0.2) is 9.78 Å². The largest absolute Gasteiger partial charge is 0.479 e. The number of hydrogen-bond donors (Lipinski definition) is 2. The highest BCUT2D eigenvalue weighted by molar-refractivity contribution is 7.10. The fourth-order valence-corrected chi connectivity index (χ4v) is 2.37. The van der Waals surface area contributed by atoms with Gasteiger partial charge in [-0.05, 0) is 19.1 Å². The number of nitrogens with zero attached hydrogens (tertiary/aromatic N) is 1. The van der Waals surface area contributed by atoms with Gasteiger partial charge >= 0.3 is 5.97 Å². The molecule has 0 fully saturated rings. The number of thiazole rings is 1. The summed E-state index contributed by atoms with van der Waals surface area (Å²) in [5.41, 5.74) is 3.20. The topological polar surface area (TPSA) is 62.2 Å². The molecular formula is C12H12N2O2S. The summed E-state index contributed by atoms with van der Waals surface area (Å²) in [6.45, 7) is 1.81. The zero-order chi connectivity index (χ0) is 12.3. The van der Waals surface area contributed by atoms with E-state index in [1.54, 1.807) is 5.51 Å². The van der Waals surface area contributed by atoms with Gasteiger partial charge in [-0.1, -0.05) is 18.2 Å². The van der Waals surface area contributed by atoms with Crippen molar-refractivity contribution in [3.05, 3.63) is 46.4 Å². The molecule has 0 aliphatic heterocycles. The average molecular weight is 248 g/mol. The number of carboxylic acids is 1. The molecule has 2 rings (SSSR count). The van der Waals surface area contributed by atoms with Crippen LogP contribution in [0.5, 0.6) is 0 Å². The summed E-state index contributed by atoms with van der Waals surface area (Å²) in [5, 5.41) is 12.2. The molecule has 0 aliphatic carbocycles. The van der Waals surface area contributed by atoms with Gasteiger partial charge in [-0.15, -0.1) is 11.3 Å². The molecule has 88 valence electrons. The summed E-state index contributed by atoms with van der Waals surface area (Å²) in [6.07, 6.45) is 0. The van der Waals surface area contributed by atoms with E-state index in [4.69, 9.17) is 0 Å². The number of aromatic nitrogens is 1. The highest BCUT2D eigenvalue weighted by Gasteiger charge is 2.23. The number of carbonyl (C=O) groups is 1. The van der Waals surface area contributed by atoms with E-state index in [1.165, 1.54) is 11.3 Å². The van der Waals surface area contributed by atoms with E-state index in [0.29, 0.717) is 0 Å². The first-order chi connectivity index (χ1) is 8.18. The smallest absolute Gasteiger partial charge is 0.331 e. The molecule has 0 aliphatic rings. The molecule has 5 heteroatoms. The van der Waals surface area contributed by atoms with Crippen LogP contribution < -0.4 is 5.32 Å². The number of anilines is 1. The van der Waals surface area contributed by atoms with Gasteiger partial charge in [0.15, 0.2) is 6.04 Å². The van der Waals surface area contributed by atoms with Crippen molar-refractivity contribution in [2.75, 3.05) is 5.32 Å². The zero-order valence-electron chi connectivity index (χ0n) is 9.25. The van der Waals surface area contributed by atoms with E-state index in [-0.39, 0.29) is 0 Å². The predicted molar refractivity (Wildman–Crippen MR) is 67.3 cm³/mol. The van der Waals surface area contributed by atoms with Crippen molar-refractivity contribution in [3.8, 4) is 0 Å². The minimum atomic E-state index is -0.902. The van der Waals surface area contributed by atoms with Crippen molar-refractivity contribution in [1.82, 2.24) is 4.98 Å². The molecule has 0 radical (unpaired) electrons. The molecule has 0 bridgehead atoms. The van der Waals surface area contributed by atoms with Crippen LogP contribution in [0.3, 0.4) is 0 Å². The standard InChI is InChI=1S/C12H12N2O2S/c1-8-11(17-7-13-8)10(12(15)16)14-9-5-3-2-4-6-9/h2-7,10,14H,1H3,(H,15,16). The molecule has 1 atom stereocenters. The van der Waals surface area contributed by atoms with Crippen molar-refractivity contribution < 1.29 is 9.90 Å². The van der Waals surface area contributed by atoms with Crippen LogP contribution in [0.4, 0.5) is 5.69 Å². The van der Waals surface area contributed by atoms with E-state index >= 15 is 0 Å². The third-order valence-corrected chi connectivity index (χ3v) is 3.37. The van der Waals surface area contributed by atoms with E-state index < -0.39 is 12.0 Å². The number of hydrogen-bond acceptors (Lipinski definition) is 4. The van der Waals surface area contributed by atoms with Crippen LogP contribution in [0.2, 0.25) is 0 Å². The summed E-state index contributed by atoms with van der Waals surface area (Å²) in [6, 6.07) is 8.55. The van der Waals surface area contributed by atoms with Crippen LogP contribution in [-0.4, -0.2) is 16.1 Å². The molecular weight excluding hydrogens is 236 g/mol. The summed E-state index contributed by atoms with van der Waals surface area (Å²) < 4.78 is 0. The summed E-state index contributed by atoms with van der Waals surface area (Å²) in [7, 11) is 0. The molecule has 1 unspecified atom stereocenters. The van der Waals surface area contributed by atoms with Gasteiger partial charge in [0.1, 0.15) is 0 Å². The van der Waals surface area contributed by atoms with Crippen LogP contribution in [-0.2, 0) is 4.79 Å². The normalized spacial score (nSPS) is 12.1. The molecule has 4 nitrogen and oxygen atoms in total. The number of nitrogens with one attached hydrogen (secondary N) is 1. The van der Waals surface area contributed by atoms with Gasteiger partial charge in [-0.3, -0.25) is 0 Å². The minimum Gasteiger partial charge on any atom is -0.479 e. The maximum absolute atomic E-state index is 11.3. The SMILES string of the molecule is Cc1ncsc1C(Nc1ccccc1)C(=O)O. The first kappa shape index (κ1) is 11.6. The number of aryl methyl sites for hydroxylation is 1. The first-order valence-corrected chi connectivity index (χ1v) is 6.01. The molecule has 2 N–H and O–H groups in total. The van der Waals surface area contributed by atoms with Crippen LogP contribution in [0.1, 0.15) is 16.6 Å². The minimum absolute atomic E-state index is 0.737. The number of benzene rings is 1. The molecule has 17 heavy (non-hydrogen) atoms. The van der Waals surface area contributed by atoms with Gasteiger partial charge in [0.05, 0.1) is 16.1 Å². The highest BCUT2D eigenvalue weighted by atomic mass is 32.1. The summed E-state index contributed by atoms with van der Waals surface area (Å²) >= 11 is 1.35. The molecule has 1 aromatic carbocycles. The van der Waals surface area contributed by atoms with Crippen LogP contribution in [0.25, 0.3) is 0 Å². The second-order valence-electron chi connectivity index (χ2n) is 3.58. The lowest BCUT2D eigenvalue weighted by Gasteiger charge is -2.14. The quantitative estimate of drug-likeness (QED) is 0.873. The Labute approximate surface area is 103 Å². The Bertz CT molecular complexity index is 510. The van der Waals surface area contributed by atoms with Crippen LogP contribution in [0, 0.1) is 6.92 Å². The number of para-hydroxylation sites is 1. The molecule has 1 heterocycles. The first-order valence-electron chi connectivity index (χ1n) is 5.13. The second-order valence-corrected chi connectivity index (χ2v) is 4.47. The predicted octanol–water partition coefficient (Wildman–Crippen LogP) is 2.69. The maximum atomic E-state index is 11.3. The van der Waals surface area contributed by atoms with Gasteiger partial charge < -0.3 is 10.4 Å². The van der Waals surface area contributed by atoms with Crippen molar-refractivity contribution in [2.45, 2.75) is 13.0 Å². The Balaban J connectivity index is 2.26. The lowest BCUT2D eigenvalue weighted by molar-refractivity contribution is -0.138. The van der Waals surface area contributed by atoms with E-state index in [9.17, 15) is 9.90 Å². The van der Waals surface area contributed by atoms with E-state index in [2.05, 4.69) is 10.3 Å². The molecule has 0 saturated carbocycles. The van der Waals surface area contributed by atoms with Crippen molar-refractivity contribution in [2.24, 2.45) is 0 Å². The summed E-state index contributed by atoms with van der Waals surface area (Å²) in [5.74, 6) is -0.902. The van der Waals surface area contributed by atoms with Crippen LogP contribution in [0.15, 0.2) is 35.8 Å². The Morgan fingerprint density at radius 3 is 2.65 bits per heavy atom. The van der Waals surface area contributed by atoms with Crippen molar-refractivity contribution in [1.29, 1.82) is 0 Å². The fourth-order valence-electron chi connectivity index (χ4n) is 1.53. The van der Waals surface area contributed by atoms with Gasteiger partial charge in [0, 0.05) is 5.69 Å².